The van der Waals surface area contributed by atoms with Gasteiger partial charge in [0, 0.05) is 30.5 Å². The van der Waals surface area contributed by atoms with E-state index in [1.165, 1.54) is 4.68 Å². The molecule has 0 fully saturated rings. The number of nitrogens with one attached hydrogen (secondary N) is 1. The van der Waals surface area contributed by atoms with Crippen LogP contribution in [0.15, 0.2) is 72.0 Å². The molecule has 0 radical (unpaired) electrons. The van der Waals surface area contributed by atoms with Gasteiger partial charge in [0.15, 0.2) is 5.69 Å². The zero-order chi connectivity index (χ0) is 22.9. The number of carbonyl (C=O) groups is 1. The van der Waals surface area contributed by atoms with Crippen molar-refractivity contribution < 1.29 is 4.79 Å². The predicted octanol–water partition coefficient (Wildman–Crippen LogP) is 3.20. The van der Waals surface area contributed by atoms with Crippen LogP contribution in [-0.2, 0) is 13.1 Å². The van der Waals surface area contributed by atoms with Gasteiger partial charge in [0.2, 0.25) is 0 Å². The van der Waals surface area contributed by atoms with Crippen molar-refractivity contribution in [3.63, 3.8) is 0 Å². The molecule has 4 heterocycles. The van der Waals surface area contributed by atoms with Crippen molar-refractivity contribution in [2.75, 3.05) is 5.32 Å². The molecule has 0 aliphatic carbocycles. The fraction of sp³-hybridized carbons (Fsp3) is 0.208. The van der Waals surface area contributed by atoms with Gasteiger partial charge in [0.25, 0.3) is 11.5 Å². The maximum atomic E-state index is 13.1. The zero-order valence-corrected chi connectivity index (χ0v) is 18.3. The predicted molar refractivity (Wildman–Crippen MR) is 125 cm³/mol. The molecule has 4 aromatic heterocycles. The normalized spacial score (nSPS) is 11.5. The lowest BCUT2D eigenvalue weighted by molar-refractivity contribution is 0.102. The van der Waals surface area contributed by atoms with E-state index in [4.69, 9.17) is 0 Å². The van der Waals surface area contributed by atoms with E-state index in [2.05, 4.69) is 20.5 Å². The van der Waals surface area contributed by atoms with E-state index in [0.29, 0.717) is 29.5 Å². The van der Waals surface area contributed by atoms with Crippen LogP contribution in [0.1, 0.15) is 30.0 Å². The molecule has 0 unspecified atom stereocenters. The fourth-order valence-corrected chi connectivity index (χ4v) is 3.81. The summed E-state index contributed by atoms with van der Waals surface area (Å²) in [4.78, 5) is 30.5. The highest BCUT2D eigenvalue weighted by Gasteiger charge is 2.18. The Morgan fingerprint density at radius 2 is 1.85 bits per heavy atom. The van der Waals surface area contributed by atoms with Crippen molar-refractivity contribution in [1.82, 2.24) is 28.9 Å². The highest BCUT2D eigenvalue weighted by Crippen LogP contribution is 2.16. The summed E-state index contributed by atoms with van der Waals surface area (Å²) in [6.07, 6.45) is 7.22. The lowest BCUT2D eigenvalue weighted by Crippen LogP contribution is -2.29. The van der Waals surface area contributed by atoms with Crippen LogP contribution in [0.4, 0.5) is 5.69 Å². The molecule has 0 saturated carbocycles. The summed E-state index contributed by atoms with van der Waals surface area (Å²) in [6.45, 7) is 4.90. The molecule has 9 nitrogen and oxygen atoms in total. The van der Waals surface area contributed by atoms with Crippen LogP contribution in [-0.4, -0.2) is 34.9 Å². The van der Waals surface area contributed by atoms with Crippen LogP contribution in [0.5, 0.6) is 0 Å². The molecule has 0 saturated heterocycles. The first-order valence-electron chi connectivity index (χ1n) is 10.7. The first-order chi connectivity index (χ1) is 16.0. The Morgan fingerprint density at radius 3 is 2.64 bits per heavy atom. The van der Waals surface area contributed by atoms with E-state index < -0.39 is 5.91 Å². The van der Waals surface area contributed by atoms with Gasteiger partial charge in [-0.15, -0.1) is 0 Å². The van der Waals surface area contributed by atoms with E-state index in [0.717, 1.165) is 11.3 Å². The second kappa shape index (κ2) is 8.34. The van der Waals surface area contributed by atoms with Gasteiger partial charge in [0.1, 0.15) is 5.65 Å². The van der Waals surface area contributed by atoms with Gasteiger partial charge in [-0.25, -0.2) is 9.67 Å². The Balaban J connectivity index is 1.40. The summed E-state index contributed by atoms with van der Waals surface area (Å²) in [5.41, 5.74) is 2.27. The molecule has 0 atom stereocenters. The molecule has 0 aliphatic rings. The van der Waals surface area contributed by atoms with Crippen LogP contribution in [0, 0.1) is 5.92 Å². The van der Waals surface area contributed by atoms with Gasteiger partial charge in [-0.05, 0) is 24.1 Å². The quantitative estimate of drug-likeness (QED) is 0.436. The summed E-state index contributed by atoms with van der Waals surface area (Å²) >= 11 is 0. The average molecular weight is 441 g/mol. The molecule has 1 aromatic carbocycles. The summed E-state index contributed by atoms with van der Waals surface area (Å²) in [7, 11) is 0. The van der Waals surface area contributed by atoms with E-state index >= 15 is 0 Å². The molecule has 1 amide bonds. The minimum atomic E-state index is -0.393. The van der Waals surface area contributed by atoms with E-state index in [-0.39, 0.29) is 17.2 Å². The number of pyridine rings is 1. The van der Waals surface area contributed by atoms with E-state index in [9.17, 15) is 9.59 Å². The van der Waals surface area contributed by atoms with Gasteiger partial charge in [-0.1, -0.05) is 38.1 Å². The number of amides is 1. The lowest BCUT2D eigenvalue weighted by Gasteiger charge is -2.12. The Hall–Kier alpha value is -4.27. The first kappa shape index (κ1) is 20.6. The van der Waals surface area contributed by atoms with Crippen molar-refractivity contribution in [2.45, 2.75) is 26.9 Å². The third-order valence-electron chi connectivity index (χ3n) is 5.25. The second-order valence-corrected chi connectivity index (χ2v) is 8.35. The van der Waals surface area contributed by atoms with Gasteiger partial charge < -0.3 is 9.72 Å². The average Bonchev–Trinajstić information content (AvgIpc) is 3.41. The molecule has 0 spiro atoms. The topological polar surface area (TPSA) is 99.1 Å². The van der Waals surface area contributed by atoms with Gasteiger partial charge in [-0.3, -0.25) is 14.3 Å². The van der Waals surface area contributed by atoms with Crippen LogP contribution in [0.25, 0.3) is 16.4 Å². The molecule has 33 heavy (non-hydrogen) atoms. The van der Waals surface area contributed by atoms with Crippen LogP contribution < -0.4 is 10.9 Å². The molecule has 0 aliphatic heterocycles. The van der Waals surface area contributed by atoms with Gasteiger partial charge in [-0.2, -0.15) is 10.2 Å². The number of nitrogens with zero attached hydrogens (tertiary/aromatic N) is 6. The van der Waals surface area contributed by atoms with E-state index in [1.54, 1.807) is 41.3 Å². The summed E-state index contributed by atoms with van der Waals surface area (Å²) in [5, 5.41) is 12.6. The molecule has 9 heteroatoms. The number of hydrogen-bond acceptors (Lipinski definition) is 5. The summed E-state index contributed by atoms with van der Waals surface area (Å²) in [5.74, 6) is -0.180. The number of carbonyl (C=O) groups excluding carboxylic acids is 1. The number of hydrogen-bond donors (Lipinski definition) is 1. The van der Waals surface area contributed by atoms with Gasteiger partial charge >= 0.3 is 0 Å². The molecular formula is C24H23N7O2. The second-order valence-electron chi connectivity index (χ2n) is 8.35. The number of imidazole rings is 1. The number of anilines is 1. The molecule has 166 valence electrons. The van der Waals surface area contributed by atoms with Crippen molar-refractivity contribution in [2.24, 2.45) is 5.92 Å². The van der Waals surface area contributed by atoms with Gasteiger partial charge in [0.05, 0.1) is 29.5 Å². The Labute approximate surface area is 189 Å². The van der Waals surface area contributed by atoms with Crippen LogP contribution in [0.2, 0.25) is 0 Å². The Kier molecular flexibility index (Phi) is 5.21. The SMILES string of the molecule is CC(C)Cn1nc(C(=O)Nc2cnn(Cc3cn4ccccc4n3)c2)c2ccccc2c1=O. The zero-order valence-electron chi connectivity index (χ0n) is 18.3. The highest BCUT2D eigenvalue weighted by atomic mass is 16.2. The molecule has 1 N–H and O–H groups in total. The Bertz CT molecular complexity index is 1490. The summed E-state index contributed by atoms with van der Waals surface area (Å²) in [6, 6.07) is 12.9. The van der Waals surface area contributed by atoms with Crippen molar-refractivity contribution in [3.8, 4) is 0 Å². The minimum absolute atomic E-state index is 0.198. The highest BCUT2D eigenvalue weighted by molar-refractivity contribution is 6.11. The standard InChI is InChI=1S/C24H23N7O2/c1-16(2)12-31-24(33)20-8-4-3-7-19(20)22(28-31)23(32)27-17-11-25-30(14-17)15-18-13-29-10-6-5-9-21(29)26-18/h3-11,13-14,16H,12,15H2,1-2H3,(H,27,32). The lowest BCUT2D eigenvalue weighted by atomic mass is 10.1. The molecule has 5 rings (SSSR count). The van der Waals surface area contributed by atoms with E-state index in [1.807, 2.05) is 48.8 Å². The molecule has 0 bridgehead atoms. The van der Waals surface area contributed by atoms with Crippen LogP contribution in [0.3, 0.4) is 0 Å². The largest absolute Gasteiger partial charge is 0.318 e. The van der Waals surface area contributed by atoms with Crippen molar-refractivity contribution >= 4 is 28.0 Å². The minimum Gasteiger partial charge on any atom is -0.318 e. The maximum absolute atomic E-state index is 13.1. The third-order valence-corrected chi connectivity index (χ3v) is 5.25. The molecule has 5 aromatic rings. The smallest absolute Gasteiger partial charge is 0.276 e. The third kappa shape index (κ3) is 4.12. The monoisotopic (exact) mass is 441 g/mol. The maximum Gasteiger partial charge on any atom is 0.276 e. The van der Waals surface area contributed by atoms with Crippen molar-refractivity contribution in [3.05, 3.63) is 89.0 Å². The summed E-state index contributed by atoms with van der Waals surface area (Å²) < 4.78 is 5.03. The number of rotatable bonds is 6. The Morgan fingerprint density at radius 1 is 1.06 bits per heavy atom. The fourth-order valence-electron chi connectivity index (χ4n) is 3.81. The first-order valence-corrected chi connectivity index (χ1v) is 10.7. The number of fused-ring (bicyclic) bond motifs is 2. The van der Waals surface area contributed by atoms with Crippen LogP contribution >= 0.6 is 0 Å². The number of aromatic nitrogens is 6. The molecular weight excluding hydrogens is 418 g/mol. The number of benzene rings is 1. The van der Waals surface area contributed by atoms with Crippen molar-refractivity contribution in [1.29, 1.82) is 0 Å².